The van der Waals surface area contributed by atoms with Crippen molar-refractivity contribution in [2.24, 2.45) is 0 Å². The fourth-order valence-corrected chi connectivity index (χ4v) is 3.32. The van der Waals surface area contributed by atoms with Crippen molar-refractivity contribution in [3.63, 3.8) is 0 Å². The predicted molar refractivity (Wildman–Crippen MR) is 92.4 cm³/mol. The summed E-state index contributed by atoms with van der Waals surface area (Å²) < 4.78 is 16.4. The van der Waals surface area contributed by atoms with Gasteiger partial charge in [-0.15, -0.1) is 0 Å². The smallest absolute Gasteiger partial charge is 0.257 e. The quantitative estimate of drug-likeness (QED) is 0.722. The van der Waals surface area contributed by atoms with Crippen LogP contribution in [0.25, 0.3) is 0 Å². The van der Waals surface area contributed by atoms with Gasteiger partial charge in [-0.05, 0) is 37.5 Å². The van der Waals surface area contributed by atoms with E-state index in [1.54, 1.807) is 25.6 Å². The van der Waals surface area contributed by atoms with Crippen molar-refractivity contribution in [2.45, 2.75) is 31.9 Å². The molecule has 0 bridgehead atoms. The first-order valence-corrected chi connectivity index (χ1v) is 8.55. The van der Waals surface area contributed by atoms with Crippen LogP contribution in [0.5, 0.6) is 0 Å². The summed E-state index contributed by atoms with van der Waals surface area (Å²) in [5, 5.41) is 0. The van der Waals surface area contributed by atoms with Crippen LogP contribution in [-0.4, -0.2) is 54.8 Å². The van der Waals surface area contributed by atoms with Crippen LogP contribution in [0.1, 0.15) is 28.1 Å². The Morgan fingerprint density at radius 1 is 1.40 bits per heavy atom. The van der Waals surface area contributed by atoms with Gasteiger partial charge < -0.3 is 18.8 Å². The molecule has 0 aromatic carbocycles. The number of aromatic nitrogens is 1. The van der Waals surface area contributed by atoms with E-state index in [2.05, 4.69) is 4.98 Å². The number of aryl methyl sites for hydroxylation is 1. The Balaban J connectivity index is 1.78. The maximum atomic E-state index is 13.0. The minimum absolute atomic E-state index is 0.00187. The third-order valence-corrected chi connectivity index (χ3v) is 4.62. The van der Waals surface area contributed by atoms with E-state index in [-0.39, 0.29) is 18.1 Å². The number of nitrogens with zero attached hydrogens (tertiary/aromatic N) is 2. The first-order chi connectivity index (χ1) is 12.2. The molecule has 1 aliphatic heterocycles. The van der Waals surface area contributed by atoms with Crippen LogP contribution < -0.4 is 0 Å². The highest BCUT2D eigenvalue weighted by molar-refractivity contribution is 5.95. The third-order valence-electron chi connectivity index (χ3n) is 4.62. The highest BCUT2D eigenvalue weighted by atomic mass is 16.5. The molecule has 6 nitrogen and oxygen atoms in total. The van der Waals surface area contributed by atoms with Gasteiger partial charge in [0.25, 0.3) is 5.91 Å². The van der Waals surface area contributed by atoms with E-state index in [0.717, 1.165) is 12.0 Å². The highest BCUT2D eigenvalue weighted by Gasteiger charge is 2.38. The summed E-state index contributed by atoms with van der Waals surface area (Å²) in [5.74, 6) is 0.645. The molecule has 1 aliphatic rings. The molecule has 2 atom stereocenters. The summed E-state index contributed by atoms with van der Waals surface area (Å²) >= 11 is 0. The third kappa shape index (κ3) is 4.08. The number of rotatable bonds is 7. The van der Waals surface area contributed by atoms with Crippen molar-refractivity contribution in [3.05, 3.63) is 53.7 Å². The SMILES string of the molecule is COCCO[C@@H]1CCN(C(=O)c2ccoc2C)[C@@H]1Cc1cccnc1. The molecule has 6 heteroatoms. The number of carbonyl (C=O) groups excluding carboxylic acids is 1. The van der Waals surface area contributed by atoms with Crippen LogP contribution in [0.2, 0.25) is 0 Å². The maximum absolute atomic E-state index is 13.0. The van der Waals surface area contributed by atoms with E-state index in [1.165, 1.54) is 0 Å². The van der Waals surface area contributed by atoms with Crippen molar-refractivity contribution >= 4 is 5.91 Å². The molecular formula is C19H24N2O4. The molecule has 134 valence electrons. The molecule has 0 spiro atoms. The van der Waals surface area contributed by atoms with Gasteiger partial charge in [0.15, 0.2) is 0 Å². The van der Waals surface area contributed by atoms with Gasteiger partial charge in [-0.1, -0.05) is 6.07 Å². The van der Waals surface area contributed by atoms with Gasteiger partial charge in [0, 0.05) is 26.0 Å². The first kappa shape index (κ1) is 17.6. The molecule has 1 amide bonds. The Morgan fingerprint density at radius 3 is 2.96 bits per heavy atom. The summed E-state index contributed by atoms with van der Waals surface area (Å²) in [6.45, 7) is 3.56. The van der Waals surface area contributed by atoms with Crippen LogP contribution in [0.15, 0.2) is 41.3 Å². The van der Waals surface area contributed by atoms with Crippen molar-refractivity contribution in [1.82, 2.24) is 9.88 Å². The number of pyridine rings is 1. The van der Waals surface area contributed by atoms with E-state index in [4.69, 9.17) is 13.9 Å². The minimum Gasteiger partial charge on any atom is -0.469 e. The standard InChI is InChI=1S/C19H24N2O4/c1-14-16(6-9-24-14)19(22)21-8-5-18(25-11-10-23-2)17(21)12-15-4-3-7-20-13-15/h3-4,6-7,9,13,17-18H,5,8,10-12H2,1-2H3/t17-,18-/m1/s1. The monoisotopic (exact) mass is 344 g/mol. The zero-order valence-electron chi connectivity index (χ0n) is 14.7. The number of hydrogen-bond donors (Lipinski definition) is 0. The molecule has 1 saturated heterocycles. The number of methoxy groups -OCH3 is 1. The number of likely N-dealkylation sites (tertiary alicyclic amines) is 1. The number of furan rings is 1. The van der Waals surface area contributed by atoms with Gasteiger partial charge in [0.1, 0.15) is 5.76 Å². The van der Waals surface area contributed by atoms with E-state index < -0.39 is 0 Å². The Hall–Kier alpha value is -2.18. The molecule has 0 radical (unpaired) electrons. The fraction of sp³-hybridized carbons (Fsp3) is 0.474. The molecule has 3 rings (SSSR count). The van der Waals surface area contributed by atoms with Gasteiger partial charge in [0.2, 0.25) is 0 Å². The molecular weight excluding hydrogens is 320 g/mol. The second-order valence-corrected chi connectivity index (χ2v) is 6.21. The number of amides is 1. The maximum Gasteiger partial charge on any atom is 0.257 e. The molecule has 0 unspecified atom stereocenters. The number of hydrogen-bond acceptors (Lipinski definition) is 5. The molecule has 2 aromatic rings. The van der Waals surface area contributed by atoms with Crippen molar-refractivity contribution < 1.29 is 18.7 Å². The van der Waals surface area contributed by atoms with Gasteiger partial charge in [0.05, 0.1) is 37.2 Å². The zero-order valence-corrected chi connectivity index (χ0v) is 14.7. The van der Waals surface area contributed by atoms with Crippen molar-refractivity contribution in [1.29, 1.82) is 0 Å². The number of carbonyl (C=O) groups is 1. The Kier molecular flexibility index (Phi) is 5.83. The van der Waals surface area contributed by atoms with Gasteiger partial charge in [-0.2, -0.15) is 0 Å². The first-order valence-electron chi connectivity index (χ1n) is 8.55. The van der Waals surface area contributed by atoms with Gasteiger partial charge in [-0.25, -0.2) is 0 Å². The summed E-state index contributed by atoms with van der Waals surface area (Å²) in [6.07, 6.45) is 6.68. The Labute approximate surface area is 147 Å². The molecule has 2 aromatic heterocycles. The van der Waals surface area contributed by atoms with Crippen molar-refractivity contribution in [3.8, 4) is 0 Å². The fourth-order valence-electron chi connectivity index (χ4n) is 3.32. The topological polar surface area (TPSA) is 64.8 Å². The molecule has 25 heavy (non-hydrogen) atoms. The van der Waals surface area contributed by atoms with Crippen LogP contribution in [-0.2, 0) is 15.9 Å². The van der Waals surface area contributed by atoms with Crippen molar-refractivity contribution in [2.75, 3.05) is 26.9 Å². The lowest BCUT2D eigenvalue weighted by Crippen LogP contribution is -2.42. The average Bonchev–Trinajstić information content (AvgIpc) is 3.22. The van der Waals surface area contributed by atoms with Gasteiger partial charge in [-0.3, -0.25) is 9.78 Å². The van der Waals surface area contributed by atoms with E-state index in [9.17, 15) is 4.79 Å². The van der Waals surface area contributed by atoms with E-state index >= 15 is 0 Å². The second kappa shape index (κ2) is 8.27. The summed E-state index contributed by atoms with van der Waals surface area (Å²) in [5.41, 5.74) is 1.71. The molecule has 1 fully saturated rings. The summed E-state index contributed by atoms with van der Waals surface area (Å²) in [4.78, 5) is 19.1. The number of ether oxygens (including phenoxy) is 2. The average molecular weight is 344 g/mol. The predicted octanol–water partition coefficient (Wildman–Crippen LogP) is 2.47. The Morgan fingerprint density at radius 2 is 2.28 bits per heavy atom. The van der Waals surface area contributed by atoms with E-state index in [0.29, 0.717) is 37.5 Å². The molecule has 0 N–H and O–H groups in total. The van der Waals surface area contributed by atoms with Gasteiger partial charge >= 0.3 is 0 Å². The second-order valence-electron chi connectivity index (χ2n) is 6.21. The molecule has 3 heterocycles. The lowest BCUT2D eigenvalue weighted by atomic mass is 10.0. The summed E-state index contributed by atoms with van der Waals surface area (Å²) in [7, 11) is 1.66. The Bertz CT molecular complexity index is 686. The normalized spacial score (nSPS) is 20.2. The van der Waals surface area contributed by atoms with E-state index in [1.807, 2.05) is 30.2 Å². The minimum atomic E-state index is -0.0251. The highest BCUT2D eigenvalue weighted by Crippen LogP contribution is 2.27. The summed E-state index contributed by atoms with van der Waals surface area (Å²) in [6, 6.07) is 5.65. The molecule has 0 saturated carbocycles. The van der Waals surface area contributed by atoms with Crippen LogP contribution >= 0.6 is 0 Å². The van der Waals surface area contributed by atoms with Crippen LogP contribution in [0, 0.1) is 6.92 Å². The van der Waals surface area contributed by atoms with Crippen LogP contribution in [0.3, 0.4) is 0 Å². The lowest BCUT2D eigenvalue weighted by Gasteiger charge is -2.28. The zero-order chi connectivity index (χ0) is 17.6. The largest absolute Gasteiger partial charge is 0.469 e. The molecule has 0 aliphatic carbocycles. The lowest BCUT2D eigenvalue weighted by molar-refractivity contribution is 0.000459. The van der Waals surface area contributed by atoms with Crippen LogP contribution in [0.4, 0.5) is 0 Å².